The summed E-state index contributed by atoms with van der Waals surface area (Å²) in [6, 6.07) is 49.4. The number of fused-ring (bicyclic) bond motifs is 8. The second kappa shape index (κ2) is 7.31. The Morgan fingerprint density at radius 3 is 1.55 bits per heavy atom. The summed E-state index contributed by atoms with van der Waals surface area (Å²) < 4.78 is 0. The first-order valence-electron chi connectivity index (χ1n) is 13.3. The van der Waals surface area contributed by atoms with E-state index in [1.807, 2.05) is 0 Å². The summed E-state index contributed by atoms with van der Waals surface area (Å²) >= 11 is 0. The first-order chi connectivity index (χ1) is 18.9. The zero-order chi connectivity index (χ0) is 24.8. The Balaban J connectivity index is 1.63. The second-order valence-corrected chi connectivity index (χ2v) is 10.5. The smallest absolute Gasteiger partial charge is 0.000159 e. The van der Waals surface area contributed by atoms with Gasteiger partial charge in [0, 0.05) is 0 Å². The summed E-state index contributed by atoms with van der Waals surface area (Å²) in [6.45, 7) is 0. The molecule has 0 aliphatic carbocycles. The highest BCUT2D eigenvalue weighted by molar-refractivity contribution is 6.44. The SMILES string of the molecule is c1ccc(-c2ccc(-c3ccccc3)c3c2c2cccc4cc5c6cccc7ccc(cc76)c5c3c42)cc1. The molecule has 0 atom stereocenters. The number of benzene rings is 8. The van der Waals surface area contributed by atoms with Gasteiger partial charge in [0.05, 0.1) is 0 Å². The molecule has 9 aromatic carbocycles. The van der Waals surface area contributed by atoms with Gasteiger partial charge in [0.1, 0.15) is 0 Å². The number of rotatable bonds is 2. The monoisotopic (exact) mass is 478 g/mol. The highest BCUT2D eigenvalue weighted by atomic mass is 14.2. The molecule has 0 aliphatic heterocycles. The van der Waals surface area contributed by atoms with Crippen molar-refractivity contribution in [3.63, 3.8) is 0 Å². The van der Waals surface area contributed by atoms with Crippen LogP contribution >= 0.6 is 0 Å². The molecule has 0 spiro atoms. The van der Waals surface area contributed by atoms with Crippen LogP contribution in [-0.4, -0.2) is 0 Å². The van der Waals surface area contributed by atoms with E-state index in [0.717, 1.165) is 0 Å². The Bertz CT molecular complexity index is 2310. The van der Waals surface area contributed by atoms with Gasteiger partial charge in [0.2, 0.25) is 0 Å². The Morgan fingerprint density at radius 2 is 0.816 bits per heavy atom. The standard InChI is InChI=1S/C38H22/c1-3-9-23(10-4-1)28-19-20-29(24-11-5-2-6-12-24)37-36(28)31-16-8-14-26-22-33-30-15-7-13-25-17-18-27(21-32(25)30)35(33)38(37)34(26)31/h1-22H. The maximum Gasteiger partial charge on any atom is -0.000159 e. The number of hydrogen-bond acceptors (Lipinski definition) is 0. The lowest BCUT2D eigenvalue weighted by Crippen LogP contribution is -1.86. The van der Waals surface area contributed by atoms with E-state index in [0.29, 0.717) is 0 Å². The van der Waals surface area contributed by atoms with Gasteiger partial charge < -0.3 is 0 Å². The van der Waals surface area contributed by atoms with Crippen molar-refractivity contribution in [2.45, 2.75) is 0 Å². The molecular weight excluding hydrogens is 456 g/mol. The molecule has 0 unspecified atom stereocenters. The first kappa shape index (κ1) is 20.2. The van der Waals surface area contributed by atoms with Crippen LogP contribution in [0.3, 0.4) is 0 Å². The number of hydrogen-bond donors (Lipinski definition) is 0. The minimum Gasteiger partial charge on any atom is -0.0622 e. The van der Waals surface area contributed by atoms with Crippen LogP contribution < -0.4 is 0 Å². The van der Waals surface area contributed by atoms with Crippen LogP contribution in [0.5, 0.6) is 0 Å². The maximum absolute atomic E-state index is 2.43. The molecule has 9 aromatic rings. The molecule has 0 amide bonds. The van der Waals surface area contributed by atoms with Gasteiger partial charge in [0.15, 0.2) is 0 Å². The zero-order valence-corrected chi connectivity index (χ0v) is 20.7. The van der Waals surface area contributed by atoms with E-state index in [1.165, 1.54) is 86.9 Å². The van der Waals surface area contributed by atoms with E-state index in [1.54, 1.807) is 0 Å². The summed E-state index contributed by atoms with van der Waals surface area (Å²) in [6.07, 6.45) is 0. The average molecular weight is 479 g/mol. The van der Waals surface area contributed by atoms with Crippen molar-refractivity contribution in [1.29, 1.82) is 0 Å². The summed E-state index contributed by atoms with van der Waals surface area (Å²) in [7, 11) is 0. The molecule has 0 N–H and O–H groups in total. The van der Waals surface area contributed by atoms with Gasteiger partial charge in [-0.2, -0.15) is 0 Å². The van der Waals surface area contributed by atoms with Crippen LogP contribution in [0.1, 0.15) is 0 Å². The predicted octanol–water partition coefficient (Wildman–Crippen LogP) is 10.8. The highest BCUT2D eigenvalue weighted by Crippen LogP contribution is 2.51. The van der Waals surface area contributed by atoms with Gasteiger partial charge in [0.25, 0.3) is 0 Å². The van der Waals surface area contributed by atoms with Crippen LogP contribution in [0.4, 0.5) is 0 Å². The minimum atomic E-state index is 1.26. The fourth-order valence-electron chi connectivity index (χ4n) is 6.95. The van der Waals surface area contributed by atoms with Crippen LogP contribution in [0.25, 0.3) is 86.9 Å². The van der Waals surface area contributed by atoms with Crippen LogP contribution in [0.2, 0.25) is 0 Å². The van der Waals surface area contributed by atoms with Crippen molar-refractivity contribution in [3.05, 3.63) is 133 Å². The first-order valence-corrected chi connectivity index (χ1v) is 13.3. The largest absolute Gasteiger partial charge is 0.0622 e. The van der Waals surface area contributed by atoms with Gasteiger partial charge in [-0.05, 0) is 99.0 Å². The van der Waals surface area contributed by atoms with Gasteiger partial charge in [-0.1, -0.05) is 121 Å². The molecule has 0 saturated heterocycles. The van der Waals surface area contributed by atoms with Crippen molar-refractivity contribution in [3.8, 4) is 22.3 Å². The highest BCUT2D eigenvalue weighted by Gasteiger charge is 2.22. The van der Waals surface area contributed by atoms with E-state index < -0.39 is 0 Å². The van der Waals surface area contributed by atoms with E-state index in [9.17, 15) is 0 Å². The molecule has 0 heteroatoms. The Kier molecular flexibility index (Phi) is 3.88. The quantitative estimate of drug-likeness (QED) is 0.171. The van der Waals surface area contributed by atoms with E-state index in [2.05, 4.69) is 133 Å². The van der Waals surface area contributed by atoms with Gasteiger partial charge >= 0.3 is 0 Å². The summed E-state index contributed by atoms with van der Waals surface area (Å²) in [5.41, 5.74) is 5.11. The second-order valence-electron chi connectivity index (χ2n) is 10.5. The average Bonchev–Trinajstić information content (AvgIpc) is 3.34. The minimum absolute atomic E-state index is 1.26. The maximum atomic E-state index is 2.43. The predicted molar refractivity (Wildman–Crippen MR) is 165 cm³/mol. The fourth-order valence-corrected chi connectivity index (χ4v) is 6.95. The molecule has 0 radical (unpaired) electrons. The van der Waals surface area contributed by atoms with Gasteiger partial charge in [-0.15, -0.1) is 0 Å². The third-order valence-corrected chi connectivity index (χ3v) is 8.52. The van der Waals surface area contributed by atoms with Crippen LogP contribution in [-0.2, 0) is 0 Å². The molecule has 174 valence electrons. The Hall–Kier alpha value is -4.94. The fraction of sp³-hybridized carbons (Fsp3) is 0. The molecule has 0 aromatic heterocycles. The third-order valence-electron chi connectivity index (χ3n) is 8.52. The van der Waals surface area contributed by atoms with Gasteiger partial charge in [-0.25, -0.2) is 0 Å². The lowest BCUT2D eigenvalue weighted by atomic mass is 9.89. The molecule has 0 fully saturated rings. The lowest BCUT2D eigenvalue weighted by molar-refractivity contribution is 1.64. The molecular formula is C38H22. The third kappa shape index (κ3) is 2.54. The lowest BCUT2D eigenvalue weighted by Gasteiger charge is -2.14. The van der Waals surface area contributed by atoms with E-state index in [4.69, 9.17) is 0 Å². The van der Waals surface area contributed by atoms with Crippen molar-refractivity contribution in [2.75, 3.05) is 0 Å². The van der Waals surface area contributed by atoms with E-state index >= 15 is 0 Å². The summed E-state index contributed by atoms with van der Waals surface area (Å²) in [5.74, 6) is 0. The van der Waals surface area contributed by atoms with Crippen molar-refractivity contribution >= 4 is 64.6 Å². The van der Waals surface area contributed by atoms with Crippen molar-refractivity contribution in [2.24, 2.45) is 0 Å². The molecule has 0 saturated carbocycles. The zero-order valence-electron chi connectivity index (χ0n) is 20.7. The molecule has 38 heavy (non-hydrogen) atoms. The van der Waals surface area contributed by atoms with Crippen molar-refractivity contribution in [1.82, 2.24) is 0 Å². The Morgan fingerprint density at radius 1 is 0.263 bits per heavy atom. The topological polar surface area (TPSA) is 0 Å². The Labute approximate surface area is 220 Å². The van der Waals surface area contributed by atoms with Gasteiger partial charge in [-0.3, -0.25) is 0 Å². The normalized spacial score (nSPS) is 12.2. The molecule has 0 aliphatic rings. The summed E-state index contributed by atoms with van der Waals surface area (Å²) in [4.78, 5) is 0. The van der Waals surface area contributed by atoms with Crippen molar-refractivity contribution < 1.29 is 0 Å². The van der Waals surface area contributed by atoms with Crippen LogP contribution in [0, 0.1) is 0 Å². The van der Waals surface area contributed by atoms with Crippen LogP contribution in [0.15, 0.2) is 133 Å². The molecule has 9 rings (SSSR count). The molecule has 0 nitrogen and oxygen atoms in total. The summed E-state index contributed by atoms with van der Waals surface area (Å²) in [5, 5.41) is 16.1. The van der Waals surface area contributed by atoms with E-state index in [-0.39, 0.29) is 0 Å². The molecule has 0 heterocycles. The molecule has 2 bridgehead atoms.